The maximum Gasteiger partial charge on any atom is 0.256 e. The van der Waals surface area contributed by atoms with Crippen molar-refractivity contribution >= 4 is 11.8 Å². The van der Waals surface area contributed by atoms with Gasteiger partial charge in [-0.3, -0.25) is 14.9 Å². The molecule has 0 aromatic heterocycles. The zero-order valence-corrected chi connectivity index (χ0v) is 17.0. The topological polar surface area (TPSA) is 95.7 Å². The lowest BCUT2D eigenvalue weighted by molar-refractivity contribution is -0.158. The van der Waals surface area contributed by atoms with Crippen LogP contribution in [-0.2, 0) is 16.1 Å². The van der Waals surface area contributed by atoms with Gasteiger partial charge in [-0.15, -0.1) is 0 Å². The summed E-state index contributed by atoms with van der Waals surface area (Å²) in [4.78, 5) is 26.7. The van der Waals surface area contributed by atoms with E-state index in [1.807, 2.05) is 0 Å². The number of hydrogen-bond donors (Lipinski definition) is 3. The van der Waals surface area contributed by atoms with Gasteiger partial charge in [-0.05, 0) is 42.7 Å². The Morgan fingerprint density at radius 1 is 1.18 bits per heavy atom. The van der Waals surface area contributed by atoms with Crippen LogP contribution < -0.4 is 11.1 Å². The fraction of sp³-hybridized carbons (Fsp3) is 0.636. The normalized spacial score (nSPS) is 24.7. The number of aliphatic hydroxyl groups is 1. The molecule has 1 heterocycles. The number of amides is 2. The van der Waals surface area contributed by atoms with E-state index < -0.39 is 11.1 Å². The lowest BCUT2D eigenvalue weighted by Gasteiger charge is -2.40. The van der Waals surface area contributed by atoms with Crippen molar-refractivity contribution in [3.8, 4) is 0 Å². The van der Waals surface area contributed by atoms with E-state index in [0.29, 0.717) is 38.3 Å². The van der Waals surface area contributed by atoms with Gasteiger partial charge in [-0.25, -0.2) is 0 Å². The van der Waals surface area contributed by atoms with Crippen LogP contribution in [-0.4, -0.2) is 46.1 Å². The molecule has 1 atom stereocenters. The Kier molecular flexibility index (Phi) is 6.10. The molecule has 6 nitrogen and oxygen atoms in total. The van der Waals surface area contributed by atoms with Crippen LogP contribution in [0.15, 0.2) is 24.3 Å². The van der Waals surface area contributed by atoms with Gasteiger partial charge in [0.05, 0.1) is 5.54 Å². The Hall–Kier alpha value is -1.92. The second-order valence-corrected chi connectivity index (χ2v) is 8.77. The van der Waals surface area contributed by atoms with E-state index in [4.69, 9.17) is 5.73 Å². The summed E-state index contributed by atoms with van der Waals surface area (Å²) >= 11 is 0. The zero-order valence-electron chi connectivity index (χ0n) is 17.0. The Morgan fingerprint density at radius 2 is 1.82 bits per heavy atom. The number of hydrogen-bond acceptors (Lipinski definition) is 4. The van der Waals surface area contributed by atoms with E-state index in [0.717, 1.165) is 24.8 Å². The van der Waals surface area contributed by atoms with Crippen molar-refractivity contribution in [2.24, 2.45) is 5.73 Å². The highest BCUT2D eigenvalue weighted by Crippen LogP contribution is 2.31. The van der Waals surface area contributed by atoms with Gasteiger partial charge in [0, 0.05) is 19.6 Å². The molecule has 2 amide bonds. The highest BCUT2D eigenvalue weighted by atomic mass is 16.3. The Bertz CT molecular complexity index is 710. The molecule has 1 saturated carbocycles. The maximum absolute atomic E-state index is 13.0. The van der Waals surface area contributed by atoms with Crippen LogP contribution in [0.3, 0.4) is 0 Å². The predicted molar refractivity (Wildman–Crippen MR) is 109 cm³/mol. The summed E-state index contributed by atoms with van der Waals surface area (Å²) in [7, 11) is 0. The number of benzene rings is 1. The molecule has 0 radical (unpaired) electrons. The number of nitrogens with zero attached hydrogens (tertiary/aromatic N) is 1. The van der Waals surface area contributed by atoms with Crippen LogP contribution in [0.1, 0.15) is 69.4 Å². The molecular weight excluding hydrogens is 354 g/mol. The molecule has 4 N–H and O–H groups in total. The second-order valence-electron chi connectivity index (χ2n) is 8.77. The number of nitrogens with two attached hydrogens (primary N) is 1. The predicted octanol–water partition coefficient (Wildman–Crippen LogP) is 2.05. The minimum Gasteiger partial charge on any atom is -0.379 e. The third-order valence-electron chi connectivity index (χ3n) is 6.37. The van der Waals surface area contributed by atoms with Crippen LogP contribution in [0.25, 0.3) is 0 Å². The third-order valence-corrected chi connectivity index (χ3v) is 6.37. The Labute approximate surface area is 167 Å². The molecule has 0 unspecified atom stereocenters. The number of carbonyl (C=O) groups excluding carboxylic acids is 2. The lowest BCUT2D eigenvalue weighted by Crippen LogP contribution is -2.63. The molecule has 2 aliphatic rings. The Morgan fingerprint density at radius 3 is 2.39 bits per heavy atom. The fourth-order valence-electron chi connectivity index (χ4n) is 4.41. The molecule has 28 heavy (non-hydrogen) atoms. The van der Waals surface area contributed by atoms with E-state index in [9.17, 15) is 14.7 Å². The van der Waals surface area contributed by atoms with Crippen molar-refractivity contribution in [1.29, 1.82) is 0 Å². The van der Waals surface area contributed by atoms with Gasteiger partial charge in [0.1, 0.15) is 0 Å². The fourth-order valence-corrected chi connectivity index (χ4v) is 4.41. The molecule has 3 rings (SSSR count). The molecule has 0 spiro atoms. The summed E-state index contributed by atoms with van der Waals surface area (Å²) in [5.74, 6) is -0.189. The van der Waals surface area contributed by atoms with Crippen LogP contribution in [0.4, 0.5) is 0 Å². The van der Waals surface area contributed by atoms with Crippen molar-refractivity contribution in [1.82, 2.24) is 10.2 Å². The summed E-state index contributed by atoms with van der Waals surface area (Å²) < 4.78 is 0. The van der Waals surface area contributed by atoms with Crippen molar-refractivity contribution in [3.05, 3.63) is 35.4 Å². The number of β-amino-alcohol motifs (C(OH)–C–C–N with tert-alkyl or cyclic N) is 1. The van der Waals surface area contributed by atoms with Crippen LogP contribution >= 0.6 is 0 Å². The molecule has 1 aliphatic heterocycles. The molecule has 0 bridgehead atoms. The van der Waals surface area contributed by atoms with Crippen molar-refractivity contribution in [3.63, 3.8) is 0 Å². The summed E-state index contributed by atoms with van der Waals surface area (Å²) in [6, 6.07) is 8.29. The van der Waals surface area contributed by atoms with Gasteiger partial charge >= 0.3 is 0 Å². The standard InChI is InChI=1S/C22H33N3O3/c1-16(2)18-8-6-17(7-9-18)14-25-13-5-12-22(28,20(25)27)15-24-21(19(23)26)10-3-4-11-21/h6-9,16,24,28H,3-5,10-15H2,1-2H3,(H2,23,26)/t22-/m1/s1. The van der Waals surface area contributed by atoms with Crippen LogP contribution in [0, 0.1) is 0 Å². The number of rotatable bonds is 7. The smallest absolute Gasteiger partial charge is 0.256 e. The van der Waals surface area contributed by atoms with Gasteiger partial charge in [0.15, 0.2) is 5.60 Å². The van der Waals surface area contributed by atoms with E-state index in [1.54, 1.807) is 4.90 Å². The first-order chi connectivity index (χ1) is 13.3. The van der Waals surface area contributed by atoms with Gasteiger partial charge < -0.3 is 15.7 Å². The quantitative estimate of drug-likeness (QED) is 0.667. The third kappa shape index (κ3) is 4.23. The SMILES string of the molecule is CC(C)c1ccc(CN2CCC[C@@](O)(CNC3(C(N)=O)CCCC3)C2=O)cc1. The highest BCUT2D eigenvalue weighted by molar-refractivity contribution is 5.87. The molecule has 2 fully saturated rings. The second kappa shape index (κ2) is 8.21. The van der Waals surface area contributed by atoms with Gasteiger partial charge in [-0.2, -0.15) is 0 Å². The highest BCUT2D eigenvalue weighted by Gasteiger charge is 2.46. The maximum atomic E-state index is 13.0. The van der Waals surface area contributed by atoms with E-state index in [2.05, 4.69) is 43.4 Å². The Balaban J connectivity index is 1.66. The molecule has 6 heteroatoms. The number of nitrogens with one attached hydrogen (secondary N) is 1. The van der Waals surface area contributed by atoms with Gasteiger partial charge in [0.2, 0.25) is 5.91 Å². The minimum absolute atomic E-state index is 0.0670. The number of primary amides is 1. The lowest BCUT2D eigenvalue weighted by atomic mass is 9.88. The first-order valence-corrected chi connectivity index (χ1v) is 10.4. The number of piperidine rings is 1. The van der Waals surface area contributed by atoms with Gasteiger partial charge in [0.25, 0.3) is 5.91 Å². The van der Waals surface area contributed by atoms with E-state index in [-0.39, 0.29) is 18.4 Å². The summed E-state index contributed by atoms with van der Waals surface area (Å²) in [6.07, 6.45) is 4.33. The largest absolute Gasteiger partial charge is 0.379 e. The summed E-state index contributed by atoms with van der Waals surface area (Å²) in [5.41, 5.74) is 5.66. The molecule has 1 aromatic carbocycles. The monoisotopic (exact) mass is 387 g/mol. The van der Waals surface area contributed by atoms with E-state index in [1.165, 1.54) is 5.56 Å². The zero-order chi connectivity index (χ0) is 20.4. The number of carbonyl (C=O) groups is 2. The van der Waals surface area contributed by atoms with Crippen molar-refractivity contribution < 1.29 is 14.7 Å². The molecular formula is C22H33N3O3. The first kappa shape index (κ1) is 20.8. The van der Waals surface area contributed by atoms with E-state index >= 15 is 0 Å². The van der Waals surface area contributed by atoms with Gasteiger partial charge in [-0.1, -0.05) is 51.0 Å². The summed E-state index contributed by atoms with van der Waals surface area (Å²) in [6.45, 7) is 5.49. The molecule has 154 valence electrons. The van der Waals surface area contributed by atoms with Crippen LogP contribution in [0.2, 0.25) is 0 Å². The van der Waals surface area contributed by atoms with Crippen molar-refractivity contribution in [2.75, 3.05) is 13.1 Å². The van der Waals surface area contributed by atoms with Crippen LogP contribution in [0.5, 0.6) is 0 Å². The first-order valence-electron chi connectivity index (χ1n) is 10.4. The molecule has 1 saturated heterocycles. The average molecular weight is 388 g/mol. The number of likely N-dealkylation sites (tertiary alicyclic amines) is 1. The molecule has 1 aromatic rings. The van der Waals surface area contributed by atoms with Crippen molar-refractivity contribution in [2.45, 2.75) is 76.0 Å². The molecule has 1 aliphatic carbocycles. The summed E-state index contributed by atoms with van der Waals surface area (Å²) in [5, 5.41) is 14.2. The average Bonchev–Trinajstić information content (AvgIpc) is 3.15. The minimum atomic E-state index is -1.48.